The number of hydrazine groups is 1. The predicted molar refractivity (Wildman–Crippen MR) is 222 cm³/mol. The summed E-state index contributed by atoms with van der Waals surface area (Å²) in [5.74, 6) is -6.42. The second-order valence-corrected chi connectivity index (χ2v) is 15.9. The first-order valence-electron chi connectivity index (χ1n) is 19.8. The Kier molecular flexibility index (Phi) is 20.9. The maximum atomic E-state index is 15.8. The Balaban J connectivity index is 2.85. The van der Waals surface area contributed by atoms with Crippen molar-refractivity contribution < 1.29 is 86.4 Å². The average molecular weight is 1010 g/mol. The first-order valence-corrected chi connectivity index (χ1v) is 19.8. The normalized spacial score (nSPS) is 14.4. The summed E-state index contributed by atoms with van der Waals surface area (Å²) in [5.41, 5.74) is -6.43. The smallest absolute Gasteiger partial charge is 0.407 e. The standard InChI is InChI=1S/C41H49F12N9O7/c1-38(2,40(48,49)50)30(59-36(66)68-5)32(64)58-28(13-20-7-9-21(10-8-20)23(16-54)17-57-35(46)47)29(63)19-62(61-33(65)31(60-37(67)69-6)39(3,4)41(51,52)53)18-24-25(42)14-22(15-26(24)43)27(55)11-12-56-34(44)45/h7-12,14-17,28-31,34-35,54-57,63H,13,18-19H2,1-6H3,(H,58,64)(H,59,66)(H,60,67)(H,61,65)/b12-11-,23-17+,54-16?,55-27?/t28-,29-,30+,31+/m0/s1. The largest absolute Gasteiger partial charge is 0.453 e. The number of benzene rings is 2. The van der Waals surface area contributed by atoms with Gasteiger partial charge in [-0.05, 0) is 63.5 Å². The minimum absolute atomic E-state index is 0.0810. The van der Waals surface area contributed by atoms with Gasteiger partial charge in [-0.2, -0.15) is 43.9 Å². The number of rotatable bonds is 23. The number of hydrogen-bond donors (Lipinski definition) is 9. The zero-order valence-corrected chi connectivity index (χ0v) is 37.2. The van der Waals surface area contributed by atoms with Gasteiger partial charge in [0.1, 0.15) is 23.7 Å². The van der Waals surface area contributed by atoms with Crippen LogP contribution in [0.25, 0.3) is 5.57 Å². The Morgan fingerprint density at radius 3 is 1.67 bits per heavy atom. The summed E-state index contributed by atoms with van der Waals surface area (Å²) < 4.78 is 177. The minimum atomic E-state index is -5.27. The fraction of sp³-hybridized carbons (Fsp3) is 0.463. The molecule has 0 aromatic heterocycles. The van der Waals surface area contributed by atoms with Crippen molar-refractivity contribution in [1.82, 2.24) is 37.0 Å². The third-order valence-electron chi connectivity index (χ3n) is 10.3. The lowest BCUT2D eigenvalue weighted by atomic mass is 9.82. The van der Waals surface area contributed by atoms with Crippen LogP contribution in [-0.4, -0.2) is 116 Å². The molecule has 0 aliphatic heterocycles. The number of halogens is 12. The SMILES string of the molecule is COC(=O)N[C@H](C(=O)N[C@@H](Cc1ccc(/C(C=N)=C/NC(F)F)cc1)[C@@H](O)CN(Cc1c(F)cc(C(=N)/C=C\NC(F)F)cc1F)NC(=O)[C@@H](NC(=O)OC)C(C)(C)C(F)(F)F)C(C)(C)C(F)(F)F. The molecule has 0 bridgehead atoms. The number of carbonyl (C=O) groups excluding carboxylic acids is 4. The molecule has 2 rings (SSSR count). The number of nitrogens with one attached hydrogen (secondary N) is 8. The molecular weight excluding hydrogens is 958 g/mol. The van der Waals surface area contributed by atoms with Crippen LogP contribution in [0.3, 0.4) is 0 Å². The number of alkyl halides is 10. The monoisotopic (exact) mass is 1010 g/mol. The number of methoxy groups -OCH3 is 2. The van der Waals surface area contributed by atoms with Crippen LogP contribution in [0.15, 0.2) is 54.9 Å². The lowest BCUT2D eigenvalue weighted by Crippen LogP contribution is -2.63. The fourth-order valence-corrected chi connectivity index (χ4v) is 5.95. The quantitative estimate of drug-likeness (QED) is 0.0273. The molecule has 0 heterocycles. The molecule has 0 aliphatic rings. The van der Waals surface area contributed by atoms with E-state index in [4.69, 9.17) is 10.8 Å². The van der Waals surface area contributed by atoms with E-state index in [2.05, 4.69) is 14.8 Å². The van der Waals surface area contributed by atoms with Gasteiger partial charge in [-0.3, -0.25) is 15.0 Å². The summed E-state index contributed by atoms with van der Waals surface area (Å²) in [6.07, 6.45) is -13.6. The summed E-state index contributed by atoms with van der Waals surface area (Å²) in [7, 11) is 1.51. The molecule has 9 N–H and O–H groups in total. The topological polar surface area (TPSA) is 230 Å². The highest BCUT2D eigenvalue weighted by Gasteiger charge is 2.57. The van der Waals surface area contributed by atoms with Gasteiger partial charge in [0.2, 0.25) is 5.91 Å². The summed E-state index contributed by atoms with van der Waals surface area (Å²) in [5, 5.41) is 36.7. The van der Waals surface area contributed by atoms with Gasteiger partial charge in [0, 0.05) is 48.4 Å². The number of hydrogen-bond acceptors (Lipinski definition) is 12. The molecule has 16 nitrogen and oxygen atoms in total. The fourth-order valence-electron chi connectivity index (χ4n) is 5.95. The van der Waals surface area contributed by atoms with Crippen LogP contribution in [0.5, 0.6) is 0 Å². The summed E-state index contributed by atoms with van der Waals surface area (Å²) in [4.78, 5) is 52.1. The van der Waals surface area contributed by atoms with E-state index >= 15 is 8.78 Å². The molecule has 0 saturated heterocycles. The highest BCUT2D eigenvalue weighted by Crippen LogP contribution is 2.42. The van der Waals surface area contributed by atoms with E-state index in [-0.39, 0.29) is 16.7 Å². The average Bonchev–Trinajstić information content (AvgIpc) is 3.24. The Bertz CT molecular complexity index is 2170. The number of allylic oxidation sites excluding steroid dienone is 2. The van der Waals surface area contributed by atoms with E-state index < -0.39 is 132 Å². The Morgan fingerprint density at radius 1 is 0.754 bits per heavy atom. The first-order chi connectivity index (χ1) is 31.8. The predicted octanol–water partition coefficient (Wildman–Crippen LogP) is 6.01. The molecule has 69 heavy (non-hydrogen) atoms. The van der Waals surface area contributed by atoms with Gasteiger partial charge in [-0.15, -0.1) is 0 Å². The van der Waals surface area contributed by atoms with Crippen molar-refractivity contribution >= 4 is 41.5 Å². The number of nitrogens with zero attached hydrogens (tertiary/aromatic N) is 1. The van der Waals surface area contributed by atoms with Crippen molar-refractivity contribution in [1.29, 1.82) is 10.8 Å². The van der Waals surface area contributed by atoms with E-state index in [0.717, 1.165) is 20.4 Å². The van der Waals surface area contributed by atoms with Gasteiger partial charge in [0.05, 0.1) is 42.9 Å². The molecule has 2 aromatic carbocycles. The van der Waals surface area contributed by atoms with Crippen LogP contribution in [0, 0.1) is 33.3 Å². The zero-order chi connectivity index (χ0) is 52.8. The maximum absolute atomic E-state index is 15.8. The lowest BCUT2D eigenvalue weighted by molar-refractivity contribution is -0.221. The molecular formula is C41H49F12N9O7. The molecule has 0 spiro atoms. The highest BCUT2D eigenvalue weighted by molar-refractivity contribution is 6.08. The van der Waals surface area contributed by atoms with E-state index in [9.17, 15) is 68.2 Å². The Morgan fingerprint density at radius 2 is 1.23 bits per heavy atom. The van der Waals surface area contributed by atoms with E-state index in [1.54, 1.807) is 16.0 Å². The van der Waals surface area contributed by atoms with Gasteiger partial charge in [-0.1, -0.05) is 24.3 Å². The molecule has 384 valence electrons. The highest BCUT2D eigenvalue weighted by atomic mass is 19.4. The minimum Gasteiger partial charge on any atom is -0.453 e. The molecule has 28 heteroatoms. The second-order valence-electron chi connectivity index (χ2n) is 15.9. The van der Waals surface area contributed by atoms with Gasteiger partial charge in [0.15, 0.2) is 0 Å². The molecule has 2 aromatic rings. The third-order valence-corrected chi connectivity index (χ3v) is 10.3. The van der Waals surface area contributed by atoms with Crippen LogP contribution in [-0.2, 0) is 32.0 Å². The van der Waals surface area contributed by atoms with Crippen LogP contribution < -0.4 is 32.0 Å². The molecule has 0 fully saturated rings. The van der Waals surface area contributed by atoms with E-state index in [0.29, 0.717) is 63.3 Å². The van der Waals surface area contributed by atoms with Crippen molar-refractivity contribution in [2.75, 3.05) is 20.8 Å². The first kappa shape index (κ1) is 58.5. The molecule has 0 radical (unpaired) electrons. The van der Waals surface area contributed by atoms with E-state index in [1.165, 1.54) is 29.6 Å². The van der Waals surface area contributed by atoms with E-state index in [1.807, 2.05) is 5.43 Å². The van der Waals surface area contributed by atoms with Crippen molar-refractivity contribution in [3.05, 3.63) is 88.8 Å². The molecule has 0 saturated carbocycles. The van der Waals surface area contributed by atoms with Gasteiger partial charge < -0.3 is 52.0 Å². The molecule has 0 aliphatic carbocycles. The number of ether oxygens (including phenoxy) is 2. The Hall–Kier alpha value is -6.58. The maximum Gasteiger partial charge on any atom is 0.407 e. The number of alkyl carbamates (subject to hydrolysis) is 2. The summed E-state index contributed by atoms with van der Waals surface area (Å²) >= 11 is 0. The molecule has 4 amide bonds. The van der Waals surface area contributed by atoms with Crippen molar-refractivity contribution in [2.24, 2.45) is 10.8 Å². The lowest BCUT2D eigenvalue weighted by Gasteiger charge is -2.38. The van der Waals surface area contributed by atoms with Crippen LogP contribution in [0.4, 0.5) is 62.3 Å². The summed E-state index contributed by atoms with van der Waals surface area (Å²) in [6.45, 7) is -6.51. The van der Waals surface area contributed by atoms with Crippen molar-refractivity contribution in [3.63, 3.8) is 0 Å². The number of aliphatic hydroxyl groups excluding tert-OH is 1. The van der Waals surface area contributed by atoms with Crippen LogP contribution >= 0.6 is 0 Å². The molecule has 4 atom stereocenters. The van der Waals surface area contributed by atoms with Gasteiger partial charge in [-0.25, -0.2) is 23.4 Å². The number of carbonyl (C=O) groups is 4. The van der Waals surface area contributed by atoms with Gasteiger partial charge in [0.25, 0.3) is 5.91 Å². The second kappa shape index (κ2) is 24.6. The van der Waals surface area contributed by atoms with Gasteiger partial charge >= 0.3 is 37.6 Å². The zero-order valence-electron chi connectivity index (χ0n) is 37.2. The van der Waals surface area contributed by atoms with Crippen molar-refractivity contribution in [2.45, 2.75) is 90.3 Å². The number of amides is 4. The Labute approximate surface area is 386 Å². The third kappa shape index (κ3) is 16.6. The number of aliphatic hydroxyl groups is 1. The van der Waals surface area contributed by atoms with Crippen molar-refractivity contribution in [3.8, 4) is 0 Å². The van der Waals surface area contributed by atoms with Crippen LogP contribution in [0.2, 0.25) is 0 Å². The van der Waals surface area contributed by atoms with Crippen LogP contribution in [0.1, 0.15) is 49.9 Å². The summed E-state index contributed by atoms with van der Waals surface area (Å²) in [6, 6.07) is -0.912. The molecule has 0 unspecified atom stereocenters.